The third-order valence-corrected chi connectivity index (χ3v) is 3.11. The lowest BCUT2D eigenvalue weighted by Crippen LogP contribution is -1.93. The monoisotopic (exact) mass is 285 g/mol. The highest BCUT2D eigenvalue weighted by Crippen LogP contribution is 2.40. The van der Waals surface area contributed by atoms with Crippen LogP contribution in [0.1, 0.15) is 0 Å². The minimum absolute atomic E-state index is 0.119. The molecule has 21 heavy (non-hydrogen) atoms. The van der Waals surface area contributed by atoms with E-state index in [-0.39, 0.29) is 5.82 Å². The Labute approximate surface area is 120 Å². The van der Waals surface area contributed by atoms with Crippen LogP contribution in [-0.4, -0.2) is 17.3 Å². The van der Waals surface area contributed by atoms with E-state index >= 15 is 0 Å². The highest BCUT2D eigenvalue weighted by atomic mass is 19.1. The molecule has 2 heterocycles. The summed E-state index contributed by atoms with van der Waals surface area (Å²) in [4.78, 5) is 3.98. The van der Waals surface area contributed by atoms with Crippen LogP contribution in [0.2, 0.25) is 0 Å². The summed E-state index contributed by atoms with van der Waals surface area (Å²) in [5.74, 6) is 0.554. The van der Waals surface area contributed by atoms with Crippen LogP contribution in [0.15, 0.2) is 47.2 Å². The minimum Gasteiger partial charge on any atom is -0.494 e. The molecule has 3 rings (SSSR count). The van der Waals surface area contributed by atoms with Crippen molar-refractivity contribution in [1.29, 1.82) is 0 Å². The van der Waals surface area contributed by atoms with Crippen molar-refractivity contribution < 1.29 is 13.7 Å². The number of benzene rings is 1. The van der Waals surface area contributed by atoms with E-state index in [0.29, 0.717) is 28.2 Å². The predicted octanol–water partition coefficient (Wildman–Crippen LogP) is 3.13. The zero-order valence-electron chi connectivity index (χ0n) is 11.2. The van der Waals surface area contributed by atoms with E-state index in [4.69, 9.17) is 15.0 Å². The number of nitrogen functional groups attached to an aromatic ring is 1. The number of hydrogen-bond acceptors (Lipinski definition) is 5. The van der Waals surface area contributed by atoms with Crippen molar-refractivity contribution in [3.63, 3.8) is 0 Å². The molecule has 0 aliphatic heterocycles. The van der Waals surface area contributed by atoms with E-state index in [1.165, 1.54) is 13.2 Å². The Hall–Kier alpha value is -2.89. The number of nitrogens with zero attached hydrogens (tertiary/aromatic N) is 2. The number of aromatic nitrogens is 2. The standard InChI is InChI=1S/C15H12FN3O2/c1-20-12-8-18-7-6-10(12)14-13(15(17)19-21-14)9-4-2-3-5-11(9)16/h2-8H,1H3,(H2,17,19). The van der Waals surface area contributed by atoms with Crippen molar-refractivity contribution in [2.45, 2.75) is 0 Å². The number of hydrogen-bond donors (Lipinski definition) is 1. The number of halogens is 1. The molecule has 0 unspecified atom stereocenters. The molecule has 0 saturated carbocycles. The maximum Gasteiger partial charge on any atom is 0.180 e. The largest absolute Gasteiger partial charge is 0.494 e. The van der Waals surface area contributed by atoms with Gasteiger partial charge in [-0.1, -0.05) is 23.4 Å². The highest BCUT2D eigenvalue weighted by molar-refractivity contribution is 5.88. The number of nitrogens with two attached hydrogens (primary N) is 1. The third-order valence-electron chi connectivity index (χ3n) is 3.11. The Morgan fingerprint density at radius 3 is 2.76 bits per heavy atom. The topological polar surface area (TPSA) is 74.2 Å². The second-order valence-corrected chi connectivity index (χ2v) is 4.33. The Kier molecular flexibility index (Phi) is 3.27. The van der Waals surface area contributed by atoms with Gasteiger partial charge in [0.25, 0.3) is 0 Å². The van der Waals surface area contributed by atoms with Gasteiger partial charge in [-0.15, -0.1) is 0 Å². The van der Waals surface area contributed by atoms with Gasteiger partial charge in [0.1, 0.15) is 11.6 Å². The maximum atomic E-state index is 14.0. The van der Waals surface area contributed by atoms with E-state index in [1.807, 2.05) is 0 Å². The zero-order valence-corrected chi connectivity index (χ0v) is 11.2. The van der Waals surface area contributed by atoms with Gasteiger partial charge in [-0.05, 0) is 12.1 Å². The van der Waals surface area contributed by atoms with Crippen molar-refractivity contribution in [2.24, 2.45) is 0 Å². The van der Waals surface area contributed by atoms with Crippen LogP contribution in [-0.2, 0) is 0 Å². The quantitative estimate of drug-likeness (QED) is 0.800. The molecule has 0 radical (unpaired) electrons. The Balaban J connectivity index is 2.25. The van der Waals surface area contributed by atoms with E-state index < -0.39 is 5.82 Å². The summed E-state index contributed by atoms with van der Waals surface area (Å²) in [7, 11) is 1.52. The second-order valence-electron chi connectivity index (χ2n) is 4.33. The van der Waals surface area contributed by atoms with Crippen LogP contribution in [0.5, 0.6) is 5.75 Å². The average molecular weight is 285 g/mol. The normalized spacial score (nSPS) is 10.6. The number of methoxy groups -OCH3 is 1. The average Bonchev–Trinajstić information content (AvgIpc) is 2.89. The summed E-state index contributed by atoms with van der Waals surface area (Å²) >= 11 is 0. The molecule has 2 N–H and O–H groups in total. The first-order valence-electron chi connectivity index (χ1n) is 6.20. The first-order valence-corrected chi connectivity index (χ1v) is 6.20. The fourth-order valence-corrected chi connectivity index (χ4v) is 2.14. The fourth-order valence-electron chi connectivity index (χ4n) is 2.14. The van der Waals surface area contributed by atoms with Gasteiger partial charge in [-0.25, -0.2) is 4.39 Å². The fraction of sp³-hybridized carbons (Fsp3) is 0.0667. The summed E-state index contributed by atoms with van der Waals surface area (Å²) < 4.78 is 24.6. The SMILES string of the molecule is COc1cnccc1-c1onc(N)c1-c1ccccc1F. The Bertz CT molecular complexity index is 786. The van der Waals surface area contributed by atoms with Crippen LogP contribution in [0, 0.1) is 5.82 Å². The molecule has 6 heteroatoms. The van der Waals surface area contributed by atoms with Gasteiger partial charge < -0.3 is 15.0 Å². The van der Waals surface area contributed by atoms with Gasteiger partial charge in [-0.2, -0.15) is 0 Å². The van der Waals surface area contributed by atoms with E-state index in [2.05, 4.69) is 10.1 Å². The third kappa shape index (κ3) is 2.20. The summed E-state index contributed by atoms with van der Waals surface area (Å²) in [6, 6.07) is 8.00. The van der Waals surface area contributed by atoms with E-state index in [9.17, 15) is 4.39 Å². The number of ether oxygens (including phenoxy) is 1. The lowest BCUT2D eigenvalue weighted by Gasteiger charge is -2.07. The van der Waals surface area contributed by atoms with Crippen LogP contribution in [0.3, 0.4) is 0 Å². The number of rotatable bonds is 3. The van der Waals surface area contributed by atoms with Crippen LogP contribution < -0.4 is 10.5 Å². The molecule has 0 bridgehead atoms. The molecule has 0 aliphatic carbocycles. The first-order chi connectivity index (χ1) is 10.2. The molecule has 0 aliphatic rings. The summed E-state index contributed by atoms with van der Waals surface area (Å²) in [5.41, 5.74) is 7.17. The van der Waals surface area contributed by atoms with Crippen LogP contribution in [0.25, 0.3) is 22.5 Å². The molecule has 2 aromatic heterocycles. The molecule has 106 valence electrons. The molecule has 0 atom stereocenters. The van der Waals surface area contributed by atoms with Gasteiger partial charge in [-0.3, -0.25) is 4.98 Å². The highest BCUT2D eigenvalue weighted by Gasteiger charge is 2.22. The zero-order chi connectivity index (χ0) is 14.8. The van der Waals surface area contributed by atoms with Crippen molar-refractivity contribution in [2.75, 3.05) is 12.8 Å². The molecular weight excluding hydrogens is 273 g/mol. The molecule has 0 amide bonds. The second kappa shape index (κ2) is 5.24. The number of pyridine rings is 1. The summed E-state index contributed by atoms with van der Waals surface area (Å²) in [6.07, 6.45) is 3.13. The summed E-state index contributed by atoms with van der Waals surface area (Å²) in [6.45, 7) is 0. The smallest absolute Gasteiger partial charge is 0.180 e. The van der Waals surface area contributed by atoms with Gasteiger partial charge in [0.2, 0.25) is 0 Å². The lowest BCUT2D eigenvalue weighted by atomic mass is 10.0. The van der Waals surface area contributed by atoms with Crippen molar-refractivity contribution >= 4 is 5.82 Å². The van der Waals surface area contributed by atoms with Crippen molar-refractivity contribution in [1.82, 2.24) is 10.1 Å². The molecule has 3 aromatic rings. The molecule has 0 fully saturated rings. The lowest BCUT2D eigenvalue weighted by molar-refractivity contribution is 0.405. The van der Waals surface area contributed by atoms with E-state index in [0.717, 1.165) is 0 Å². The van der Waals surface area contributed by atoms with Gasteiger partial charge >= 0.3 is 0 Å². The van der Waals surface area contributed by atoms with E-state index in [1.54, 1.807) is 36.7 Å². The Morgan fingerprint density at radius 1 is 1.19 bits per heavy atom. The maximum absolute atomic E-state index is 14.0. The molecule has 1 aromatic carbocycles. The van der Waals surface area contributed by atoms with Crippen molar-refractivity contribution in [3.05, 3.63) is 48.5 Å². The summed E-state index contributed by atoms with van der Waals surface area (Å²) in [5, 5.41) is 3.75. The molecular formula is C15H12FN3O2. The van der Waals surface area contributed by atoms with Crippen LogP contribution >= 0.6 is 0 Å². The van der Waals surface area contributed by atoms with Gasteiger partial charge in [0.15, 0.2) is 11.6 Å². The molecule has 0 spiro atoms. The van der Waals surface area contributed by atoms with Gasteiger partial charge in [0, 0.05) is 11.8 Å². The first kappa shape index (κ1) is 13.1. The predicted molar refractivity (Wildman–Crippen MR) is 76.1 cm³/mol. The molecule has 5 nitrogen and oxygen atoms in total. The minimum atomic E-state index is -0.401. The van der Waals surface area contributed by atoms with Crippen molar-refractivity contribution in [3.8, 4) is 28.2 Å². The van der Waals surface area contributed by atoms with Crippen LogP contribution in [0.4, 0.5) is 10.2 Å². The van der Waals surface area contributed by atoms with Gasteiger partial charge in [0.05, 0.1) is 24.4 Å². The molecule has 0 saturated heterocycles. The number of anilines is 1. The Morgan fingerprint density at radius 2 is 2.00 bits per heavy atom.